The van der Waals surface area contributed by atoms with E-state index in [1.165, 1.54) is 22.7 Å². The van der Waals surface area contributed by atoms with Crippen LogP contribution in [-0.2, 0) is 0 Å². The van der Waals surface area contributed by atoms with E-state index in [1.807, 2.05) is 11.4 Å². The predicted molar refractivity (Wildman–Crippen MR) is 51.1 cm³/mol. The van der Waals surface area contributed by atoms with Crippen LogP contribution in [0.3, 0.4) is 0 Å². The average Bonchev–Trinajstić information content (AvgIpc) is 2.53. The van der Waals surface area contributed by atoms with Crippen LogP contribution in [-0.4, -0.2) is 11.1 Å². The first kappa shape index (κ1) is 7.57. The SMILES string of the molecule is Nc1c(C(=O)O)sc2ccsc12. The van der Waals surface area contributed by atoms with E-state index >= 15 is 0 Å². The first-order valence-electron chi connectivity index (χ1n) is 3.19. The molecule has 0 atom stereocenters. The van der Waals surface area contributed by atoms with Crippen LogP contribution in [0.15, 0.2) is 11.4 Å². The Bertz CT molecular complexity index is 443. The molecule has 0 aromatic carbocycles. The van der Waals surface area contributed by atoms with Gasteiger partial charge in [0.25, 0.3) is 0 Å². The molecule has 0 saturated heterocycles. The third-order valence-electron chi connectivity index (χ3n) is 1.52. The van der Waals surface area contributed by atoms with Gasteiger partial charge in [-0.1, -0.05) is 0 Å². The zero-order valence-electron chi connectivity index (χ0n) is 5.90. The number of fused-ring (bicyclic) bond motifs is 1. The molecule has 0 saturated carbocycles. The minimum Gasteiger partial charge on any atom is -0.477 e. The van der Waals surface area contributed by atoms with Gasteiger partial charge < -0.3 is 10.8 Å². The molecule has 3 nitrogen and oxygen atoms in total. The van der Waals surface area contributed by atoms with Crippen LogP contribution < -0.4 is 5.73 Å². The van der Waals surface area contributed by atoms with Gasteiger partial charge in [0.15, 0.2) is 0 Å². The summed E-state index contributed by atoms with van der Waals surface area (Å²) in [7, 11) is 0. The van der Waals surface area contributed by atoms with E-state index in [-0.39, 0.29) is 4.88 Å². The second kappa shape index (κ2) is 2.46. The van der Waals surface area contributed by atoms with Crippen LogP contribution in [0.2, 0.25) is 0 Å². The lowest BCUT2D eigenvalue weighted by atomic mass is 10.4. The number of carboxylic acids is 1. The number of nitrogens with two attached hydrogens (primary N) is 1. The lowest BCUT2D eigenvalue weighted by Gasteiger charge is -1.88. The highest BCUT2D eigenvalue weighted by Gasteiger charge is 2.15. The zero-order chi connectivity index (χ0) is 8.72. The van der Waals surface area contributed by atoms with Crippen molar-refractivity contribution in [3.05, 3.63) is 16.3 Å². The van der Waals surface area contributed by atoms with Gasteiger partial charge in [-0.25, -0.2) is 4.79 Å². The minimum atomic E-state index is -0.944. The normalized spacial score (nSPS) is 10.7. The van der Waals surface area contributed by atoms with Crippen molar-refractivity contribution < 1.29 is 9.90 Å². The largest absolute Gasteiger partial charge is 0.477 e. The summed E-state index contributed by atoms with van der Waals surface area (Å²) in [6.07, 6.45) is 0. The van der Waals surface area contributed by atoms with Gasteiger partial charge in [-0.05, 0) is 11.4 Å². The Kier molecular flexibility index (Phi) is 1.55. The van der Waals surface area contributed by atoms with Gasteiger partial charge in [0.05, 0.1) is 10.4 Å². The molecule has 0 amide bonds. The van der Waals surface area contributed by atoms with Gasteiger partial charge in [0.2, 0.25) is 0 Å². The van der Waals surface area contributed by atoms with E-state index in [2.05, 4.69) is 0 Å². The Hall–Kier alpha value is -1.07. The third kappa shape index (κ3) is 0.904. The number of carboxylic acid groups (broad SMARTS) is 1. The van der Waals surface area contributed by atoms with Crippen molar-refractivity contribution in [1.82, 2.24) is 0 Å². The lowest BCUT2D eigenvalue weighted by Crippen LogP contribution is -1.96. The minimum absolute atomic E-state index is 0.247. The van der Waals surface area contributed by atoms with E-state index in [9.17, 15) is 4.79 Å². The van der Waals surface area contributed by atoms with Crippen molar-refractivity contribution in [2.75, 3.05) is 5.73 Å². The summed E-state index contributed by atoms with van der Waals surface area (Å²) in [5.74, 6) is -0.944. The summed E-state index contributed by atoms with van der Waals surface area (Å²) in [5, 5.41) is 10.6. The Morgan fingerprint density at radius 2 is 2.33 bits per heavy atom. The fourth-order valence-corrected chi connectivity index (χ4v) is 3.03. The maximum absolute atomic E-state index is 10.6. The highest BCUT2D eigenvalue weighted by Crippen LogP contribution is 2.37. The maximum Gasteiger partial charge on any atom is 0.348 e. The van der Waals surface area contributed by atoms with Gasteiger partial charge in [0, 0.05) is 4.70 Å². The number of rotatable bonds is 1. The molecule has 62 valence electrons. The summed E-state index contributed by atoms with van der Waals surface area (Å²) >= 11 is 2.70. The Balaban J connectivity index is 2.78. The molecule has 0 radical (unpaired) electrons. The van der Waals surface area contributed by atoms with Crippen LogP contribution in [0, 0.1) is 0 Å². The molecule has 12 heavy (non-hydrogen) atoms. The smallest absolute Gasteiger partial charge is 0.348 e. The number of hydrogen-bond acceptors (Lipinski definition) is 4. The molecule has 2 rings (SSSR count). The fourth-order valence-electron chi connectivity index (χ4n) is 1.00. The molecule has 2 heterocycles. The second-order valence-corrected chi connectivity index (χ2v) is 4.23. The molecule has 2 aromatic heterocycles. The average molecular weight is 199 g/mol. The Labute approximate surface area is 76.1 Å². The molecular weight excluding hydrogens is 194 g/mol. The Morgan fingerprint density at radius 1 is 1.58 bits per heavy atom. The van der Waals surface area contributed by atoms with Gasteiger partial charge in [-0.2, -0.15) is 0 Å². The number of anilines is 1. The molecule has 0 aliphatic carbocycles. The molecule has 2 aromatic rings. The van der Waals surface area contributed by atoms with E-state index < -0.39 is 5.97 Å². The van der Waals surface area contributed by atoms with Gasteiger partial charge >= 0.3 is 5.97 Å². The van der Waals surface area contributed by atoms with Crippen molar-refractivity contribution in [2.45, 2.75) is 0 Å². The molecular formula is C7H5NO2S2. The monoisotopic (exact) mass is 199 g/mol. The summed E-state index contributed by atoms with van der Waals surface area (Å²) < 4.78 is 1.84. The van der Waals surface area contributed by atoms with Crippen LogP contribution in [0.4, 0.5) is 5.69 Å². The highest BCUT2D eigenvalue weighted by atomic mass is 32.1. The zero-order valence-corrected chi connectivity index (χ0v) is 7.54. The first-order valence-corrected chi connectivity index (χ1v) is 4.88. The molecule has 0 aliphatic heterocycles. The van der Waals surface area contributed by atoms with Gasteiger partial charge in [-0.3, -0.25) is 0 Å². The summed E-state index contributed by atoms with van der Waals surface area (Å²) in [5.41, 5.74) is 6.02. The van der Waals surface area contributed by atoms with Crippen LogP contribution in [0.5, 0.6) is 0 Å². The summed E-state index contributed by atoms with van der Waals surface area (Å²) in [6, 6.07) is 1.88. The topological polar surface area (TPSA) is 63.3 Å². The number of hydrogen-bond donors (Lipinski definition) is 2. The molecule has 0 fully saturated rings. The number of thiophene rings is 2. The second-order valence-electron chi connectivity index (χ2n) is 2.26. The Morgan fingerprint density at radius 3 is 2.92 bits per heavy atom. The van der Waals surface area contributed by atoms with Crippen LogP contribution in [0.25, 0.3) is 9.40 Å². The lowest BCUT2D eigenvalue weighted by molar-refractivity contribution is 0.0703. The standard InChI is InChI=1S/C7H5NO2S2/c8-4-5-3(1-2-11-5)12-6(4)7(9)10/h1-2H,8H2,(H,9,10). The van der Waals surface area contributed by atoms with E-state index in [0.29, 0.717) is 5.69 Å². The van der Waals surface area contributed by atoms with E-state index in [4.69, 9.17) is 10.8 Å². The molecule has 0 bridgehead atoms. The fraction of sp³-hybridized carbons (Fsp3) is 0. The van der Waals surface area contributed by atoms with E-state index in [0.717, 1.165) is 9.40 Å². The van der Waals surface area contributed by atoms with Crippen molar-refractivity contribution in [2.24, 2.45) is 0 Å². The molecule has 0 spiro atoms. The summed E-state index contributed by atoms with van der Waals surface area (Å²) in [6.45, 7) is 0. The van der Waals surface area contributed by atoms with Crippen molar-refractivity contribution >= 4 is 43.7 Å². The van der Waals surface area contributed by atoms with Crippen molar-refractivity contribution in [3.8, 4) is 0 Å². The van der Waals surface area contributed by atoms with Crippen LogP contribution >= 0.6 is 22.7 Å². The highest BCUT2D eigenvalue weighted by molar-refractivity contribution is 7.29. The van der Waals surface area contributed by atoms with Crippen molar-refractivity contribution in [3.63, 3.8) is 0 Å². The maximum atomic E-state index is 10.6. The quantitative estimate of drug-likeness (QED) is 0.740. The van der Waals surface area contributed by atoms with Crippen LogP contribution in [0.1, 0.15) is 9.67 Å². The molecule has 3 N–H and O–H groups in total. The molecule has 0 aliphatic rings. The predicted octanol–water partition coefficient (Wildman–Crippen LogP) is 2.24. The van der Waals surface area contributed by atoms with Gasteiger partial charge in [-0.15, -0.1) is 22.7 Å². The number of aromatic carboxylic acids is 1. The third-order valence-corrected chi connectivity index (χ3v) is 3.76. The van der Waals surface area contributed by atoms with Crippen molar-refractivity contribution in [1.29, 1.82) is 0 Å². The van der Waals surface area contributed by atoms with Gasteiger partial charge in [0.1, 0.15) is 4.88 Å². The first-order chi connectivity index (χ1) is 5.70. The number of carbonyl (C=O) groups is 1. The summed E-state index contributed by atoms with van der Waals surface area (Å²) in [4.78, 5) is 10.9. The molecule has 5 heteroatoms. The van der Waals surface area contributed by atoms with E-state index in [1.54, 1.807) is 0 Å². The molecule has 0 unspecified atom stereocenters. The number of nitrogen functional groups attached to an aromatic ring is 1.